The zero-order valence-electron chi connectivity index (χ0n) is 17.2. The highest BCUT2D eigenvalue weighted by atomic mass is 35.5. The van der Waals surface area contributed by atoms with E-state index in [1.807, 2.05) is 23.1 Å². The van der Waals surface area contributed by atoms with Gasteiger partial charge in [-0.1, -0.05) is 13.8 Å². The molecule has 0 spiro atoms. The second-order valence-corrected chi connectivity index (χ2v) is 9.14. The van der Waals surface area contributed by atoms with Crippen LogP contribution in [0.5, 0.6) is 0 Å². The highest BCUT2D eigenvalue weighted by Gasteiger charge is 2.27. The van der Waals surface area contributed by atoms with E-state index in [-0.39, 0.29) is 11.8 Å². The molecular formula is C22H32ClN3O2. The predicted octanol–water partition coefficient (Wildman–Crippen LogP) is 4.36. The number of benzene rings is 1. The molecule has 1 aromatic rings. The van der Waals surface area contributed by atoms with Gasteiger partial charge in [-0.05, 0) is 62.6 Å². The van der Waals surface area contributed by atoms with Gasteiger partial charge in [0, 0.05) is 37.6 Å². The van der Waals surface area contributed by atoms with Gasteiger partial charge < -0.3 is 15.1 Å². The van der Waals surface area contributed by atoms with Gasteiger partial charge in [-0.2, -0.15) is 0 Å². The summed E-state index contributed by atoms with van der Waals surface area (Å²) in [6, 6.07) is 5.68. The summed E-state index contributed by atoms with van der Waals surface area (Å²) in [5.74, 6) is 1.20. The second-order valence-electron chi connectivity index (χ2n) is 8.48. The van der Waals surface area contributed by atoms with Crippen molar-refractivity contribution in [2.24, 2.45) is 11.8 Å². The summed E-state index contributed by atoms with van der Waals surface area (Å²) >= 11 is 5.89. The van der Waals surface area contributed by atoms with E-state index < -0.39 is 5.38 Å². The molecule has 6 heteroatoms. The third-order valence-electron chi connectivity index (χ3n) is 6.05. The minimum atomic E-state index is -0.619. The molecule has 5 nitrogen and oxygen atoms in total. The Kier molecular flexibility index (Phi) is 6.86. The third-order valence-corrected chi connectivity index (χ3v) is 6.25. The number of hydrogen-bond donors (Lipinski definition) is 1. The Labute approximate surface area is 173 Å². The van der Waals surface area contributed by atoms with Gasteiger partial charge in [-0.25, -0.2) is 0 Å². The van der Waals surface area contributed by atoms with Crippen molar-refractivity contribution in [2.75, 3.05) is 36.4 Å². The van der Waals surface area contributed by atoms with Crippen LogP contribution in [0.15, 0.2) is 18.2 Å². The van der Waals surface area contributed by atoms with Gasteiger partial charge in [0.15, 0.2) is 0 Å². The molecule has 0 saturated carbocycles. The van der Waals surface area contributed by atoms with Crippen LogP contribution >= 0.6 is 11.6 Å². The fourth-order valence-electron chi connectivity index (χ4n) is 3.93. The molecule has 0 aliphatic carbocycles. The largest absolute Gasteiger partial charge is 0.371 e. The zero-order valence-corrected chi connectivity index (χ0v) is 18.0. The molecule has 0 bridgehead atoms. The molecule has 1 aromatic carbocycles. The van der Waals surface area contributed by atoms with E-state index >= 15 is 0 Å². The number of likely N-dealkylation sites (tertiary alicyclic amines) is 1. The molecule has 1 N–H and O–H groups in total. The summed E-state index contributed by atoms with van der Waals surface area (Å²) in [6.07, 6.45) is 4.36. The van der Waals surface area contributed by atoms with Crippen molar-refractivity contribution in [1.82, 2.24) is 4.90 Å². The van der Waals surface area contributed by atoms with Crippen LogP contribution in [0.3, 0.4) is 0 Å². The standard InChI is InChI=1S/C22H32ClN3O2/c1-15-6-10-25(11-7-15)20-5-4-18(24-21(27)17(3)23)14-19(20)22(28)26-12-8-16(2)9-13-26/h4-5,14-17H,6-13H2,1-3H3,(H,24,27)/t17-/m1/s1. The number of alkyl halides is 1. The summed E-state index contributed by atoms with van der Waals surface area (Å²) in [4.78, 5) is 29.6. The number of carbonyl (C=O) groups is 2. The summed E-state index contributed by atoms with van der Waals surface area (Å²) in [5.41, 5.74) is 2.29. The lowest BCUT2D eigenvalue weighted by Gasteiger charge is -2.35. The first-order valence-electron chi connectivity index (χ1n) is 10.5. The molecule has 28 heavy (non-hydrogen) atoms. The Morgan fingerprint density at radius 2 is 1.61 bits per heavy atom. The third kappa shape index (κ3) is 4.99. The van der Waals surface area contributed by atoms with Crippen LogP contribution < -0.4 is 10.2 Å². The number of piperidine rings is 2. The lowest BCUT2D eigenvalue weighted by Crippen LogP contribution is -2.40. The lowest BCUT2D eigenvalue weighted by molar-refractivity contribution is -0.115. The van der Waals surface area contributed by atoms with E-state index in [4.69, 9.17) is 11.6 Å². The van der Waals surface area contributed by atoms with Crippen LogP contribution in [0.4, 0.5) is 11.4 Å². The van der Waals surface area contributed by atoms with Gasteiger partial charge in [-0.3, -0.25) is 9.59 Å². The number of halogens is 1. The average Bonchev–Trinajstić information content (AvgIpc) is 2.68. The van der Waals surface area contributed by atoms with Crippen molar-refractivity contribution in [3.05, 3.63) is 23.8 Å². The number of anilines is 2. The molecule has 0 unspecified atom stereocenters. The average molecular weight is 406 g/mol. The van der Waals surface area contributed by atoms with Crippen molar-refractivity contribution in [3.8, 4) is 0 Å². The maximum Gasteiger partial charge on any atom is 0.256 e. The molecular weight excluding hydrogens is 374 g/mol. The van der Waals surface area contributed by atoms with Crippen molar-refractivity contribution >= 4 is 34.8 Å². The molecule has 1 atom stereocenters. The highest BCUT2D eigenvalue weighted by molar-refractivity contribution is 6.32. The second kappa shape index (κ2) is 9.17. The van der Waals surface area contributed by atoms with Crippen molar-refractivity contribution in [1.29, 1.82) is 0 Å². The fourth-order valence-corrected chi connectivity index (χ4v) is 3.99. The van der Waals surface area contributed by atoms with E-state index in [2.05, 4.69) is 24.1 Å². The van der Waals surface area contributed by atoms with Gasteiger partial charge in [0.2, 0.25) is 5.91 Å². The molecule has 0 radical (unpaired) electrons. The Balaban J connectivity index is 1.87. The molecule has 2 aliphatic rings. The number of amides is 2. The Morgan fingerprint density at radius 1 is 1.04 bits per heavy atom. The molecule has 0 aromatic heterocycles. The maximum atomic E-state index is 13.4. The van der Waals surface area contributed by atoms with Crippen LogP contribution in [0.25, 0.3) is 0 Å². The molecule has 2 heterocycles. The monoisotopic (exact) mass is 405 g/mol. The summed E-state index contributed by atoms with van der Waals surface area (Å²) < 4.78 is 0. The van der Waals surface area contributed by atoms with Crippen LogP contribution in [0, 0.1) is 11.8 Å². The van der Waals surface area contributed by atoms with Crippen LogP contribution in [-0.2, 0) is 4.79 Å². The van der Waals surface area contributed by atoms with Crippen LogP contribution in [0.2, 0.25) is 0 Å². The maximum absolute atomic E-state index is 13.4. The van der Waals surface area contributed by atoms with Gasteiger partial charge in [0.25, 0.3) is 5.91 Å². The van der Waals surface area contributed by atoms with E-state index in [9.17, 15) is 9.59 Å². The first-order valence-corrected chi connectivity index (χ1v) is 10.9. The number of rotatable bonds is 4. The van der Waals surface area contributed by atoms with Gasteiger partial charge >= 0.3 is 0 Å². The topological polar surface area (TPSA) is 52.7 Å². The van der Waals surface area contributed by atoms with Crippen LogP contribution in [0.1, 0.15) is 56.8 Å². The fraction of sp³-hybridized carbons (Fsp3) is 0.636. The molecule has 2 aliphatic heterocycles. The lowest BCUT2D eigenvalue weighted by atomic mass is 9.96. The minimum Gasteiger partial charge on any atom is -0.371 e. The Morgan fingerprint density at radius 3 is 2.18 bits per heavy atom. The molecule has 2 fully saturated rings. The van der Waals surface area contributed by atoms with E-state index in [0.29, 0.717) is 17.2 Å². The van der Waals surface area contributed by atoms with Gasteiger partial charge in [-0.15, -0.1) is 11.6 Å². The normalized spacial score (nSPS) is 20.1. The minimum absolute atomic E-state index is 0.0653. The van der Waals surface area contributed by atoms with Gasteiger partial charge in [0.1, 0.15) is 5.38 Å². The van der Waals surface area contributed by atoms with Crippen molar-refractivity contribution in [3.63, 3.8) is 0 Å². The Hall–Kier alpha value is -1.75. The smallest absolute Gasteiger partial charge is 0.256 e. The first-order chi connectivity index (χ1) is 13.3. The molecule has 2 saturated heterocycles. The molecule has 154 valence electrons. The summed E-state index contributed by atoms with van der Waals surface area (Å²) in [6.45, 7) is 9.68. The highest BCUT2D eigenvalue weighted by Crippen LogP contribution is 2.30. The van der Waals surface area contributed by atoms with Crippen molar-refractivity contribution in [2.45, 2.75) is 51.8 Å². The number of nitrogens with one attached hydrogen (secondary N) is 1. The van der Waals surface area contributed by atoms with Gasteiger partial charge in [0.05, 0.1) is 5.56 Å². The van der Waals surface area contributed by atoms with Crippen molar-refractivity contribution < 1.29 is 9.59 Å². The zero-order chi connectivity index (χ0) is 20.3. The SMILES string of the molecule is CC1CCN(C(=O)c2cc(NC(=O)[C@@H](C)Cl)ccc2N2CCC(C)CC2)CC1. The quantitative estimate of drug-likeness (QED) is 0.757. The summed E-state index contributed by atoms with van der Waals surface area (Å²) in [5, 5.41) is 2.20. The number of carbonyl (C=O) groups excluding carboxylic acids is 2. The van der Waals surface area contributed by atoms with E-state index in [1.54, 1.807) is 6.92 Å². The first kappa shape index (κ1) is 21.0. The molecule has 3 rings (SSSR count). The number of nitrogens with zero attached hydrogens (tertiary/aromatic N) is 2. The molecule has 2 amide bonds. The van der Waals surface area contributed by atoms with E-state index in [1.165, 1.54) is 0 Å². The number of hydrogen-bond acceptors (Lipinski definition) is 3. The predicted molar refractivity (Wildman–Crippen MR) is 115 cm³/mol. The van der Waals surface area contributed by atoms with Crippen LogP contribution in [-0.4, -0.2) is 48.3 Å². The van der Waals surface area contributed by atoms with E-state index in [0.717, 1.165) is 63.5 Å². The Bertz CT molecular complexity index is 706. The summed E-state index contributed by atoms with van der Waals surface area (Å²) in [7, 11) is 0.